The van der Waals surface area contributed by atoms with Crippen LogP contribution in [0.4, 0.5) is 0 Å². The highest BCUT2D eigenvalue weighted by atomic mass is 16.7. The van der Waals surface area contributed by atoms with Crippen LogP contribution >= 0.6 is 0 Å². The molecule has 3 aliphatic carbocycles. The van der Waals surface area contributed by atoms with E-state index >= 15 is 0 Å². The molecule has 0 N–H and O–H groups in total. The fourth-order valence-corrected chi connectivity index (χ4v) is 6.05. The van der Waals surface area contributed by atoms with Gasteiger partial charge in [-0.25, -0.2) is 0 Å². The van der Waals surface area contributed by atoms with E-state index in [9.17, 15) is 0 Å². The van der Waals surface area contributed by atoms with Gasteiger partial charge in [0.15, 0.2) is 6.29 Å². The average Bonchev–Trinajstić information content (AvgIpc) is 2.84. The Balaban J connectivity index is 1.72. The Morgan fingerprint density at radius 1 is 1.24 bits per heavy atom. The van der Waals surface area contributed by atoms with Gasteiger partial charge in [0.1, 0.15) is 0 Å². The van der Waals surface area contributed by atoms with E-state index in [1.54, 1.807) is 7.11 Å². The van der Waals surface area contributed by atoms with Gasteiger partial charge in [-0.15, -0.1) is 0 Å². The Labute approximate surface area is 129 Å². The minimum Gasteiger partial charge on any atom is -0.356 e. The molecular formula is C19H30O2. The molecule has 1 aliphatic heterocycles. The van der Waals surface area contributed by atoms with Gasteiger partial charge in [-0.2, -0.15) is 0 Å². The van der Waals surface area contributed by atoms with Gasteiger partial charge in [-0.3, -0.25) is 0 Å². The number of methoxy groups -OCH3 is 1. The molecule has 6 atom stereocenters. The van der Waals surface area contributed by atoms with E-state index in [0.717, 1.165) is 24.2 Å². The summed E-state index contributed by atoms with van der Waals surface area (Å²) in [6.45, 7) is 4.86. The molecule has 118 valence electrons. The summed E-state index contributed by atoms with van der Waals surface area (Å²) in [7, 11) is 1.80. The van der Waals surface area contributed by atoms with Crippen LogP contribution in [0.25, 0.3) is 0 Å². The van der Waals surface area contributed by atoms with Gasteiger partial charge < -0.3 is 9.47 Å². The fourth-order valence-electron chi connectivity index (χ4n) is 6.05. The van der Waals surface area contributed by atoms with Gasteiger partial charge in [0.2, 0.25) is 0 Å². The fraction of sp³-hybridized carbons (Fsp3) is 0.895. The summed E-state index contributed by atoms with van der Waals surface area (Å²) in [5.74, 6) is 3.26. The maximum Gasteiger partial charge on any atom is 0.158 e. The quantitative estimate of drug-likeness (QED) is 0.652. The summed E-state index contributed by atoms with van der Waals surface area (Å²) in [6.07, 6.45) is 10.7. The maximum absolute atomic E-state index is 6.32. The highest BCUT2D eigenvalue weighted by Crippen LogP contribution is 2.59. The van der Waals surface area contributed by atoms with Gasteiger partial charge in [0, 0.05) is 13.5 Å². The minimum absolute atomic E-state index is 0.0311. The van der Waals surface area contributed by atoms with E-state index in [0.29, 0.717) is 5.92 Å². The molecule has 0 aromatic carbocycles. The molecule has 1 saturated heterocycles. The van der Waals surface area contributed by atoms with E-state index in [2.05, 4.69) is 13.8 Å². The lowest BCUT2D eigenvalue weighted by atomic mass is 9.54. The Kier molecular flexibility index (Phi) is 3.46. The SMILES string of the molecule is COC1CC2C3C4=C(CCCC4)CC(C)C3CCC2(C)O1. The standard InChI is InChI=1S/C19H30O2/c1-12-10-13-6-4-5-7-15(13)18-14(12)8-9-19(2)16(18)11-17(20-3)21-19/h12,14,16-18H,4-11H2,1-3H3. The van der Waals surface area contributed by atoms with Crippen molar-refractivity contribution in [3.8, 4) is 0 Å². The van der Waals surface area contributed by atoms with Crippen molar-refractivity contribution in [3.63, 3.8) is 0 Å². The molecule has 21 heavy (non-hydrogen) atoms. The first-order valence-electron chi connectivity index (χ1n) is 9.04. The number of allylic oxidation sites excluding steroid dienone is 2. The van der Waals surface area contributed by atoms with Crippen LogP contribution in [0.1, 0.15) is 65.2 Å². The van der Waals surface area contributed by atoms with Gasteiger partial charge in [0.25, 0.3) is 0 Å². The van der Waals surface area contributed by atoms with Crippen LogP contribution in [0.2, 0.25) is 0 Å². The molecule has 0 aromatic rings. The molecule has 6 unspecified atom stereocenters. The largest absolute Gasteiger partial charge is 0.356 e. The predicted octanol–water partition coefficient (Wildman–Crippen LogP) is 4.69. The maximum atomic E-state index is 6.32. The van der Waals surface area contributed by atoms with Crippen molar-refractivity contribution in [2.24, 2.45) is 23.7 Å². The first-order valence-corrected chi connectivity index (χ1v) is 9.04. The number of rotatable bonds is 1. The summed E-state index contributed by atoms with van der Waals surface area (Å²) in [4.78, 5) is 0. The highest BCUT2D eigenvalue weighted by molar-refractivity contribution is 5.28. The van der Waals surface area contributed by atoms with Gasteiger partial charge in [-0.1, -0.05) is 18.1 Å². The Hall–Kier alpha value is -0.340. The van der Waals surface area contributed by atoms with Crippen LogP contribution < -0.4 is 0 Å². The molecule has 0 aromatic heterocycles. The number of hydrogen-bond donors (Lipinski definition) is 0. The Bertz CT molecular complexity index is 454. The second-order valence-corrected chi connectivity index (χ2v) is 8.18. The smallest absolute Gasteiger partial charge is 0.158 e. The van der Waals surface area contributed by atoms with Crippen molar-refractivity contribution in [3.05, 3.63) is 11.1 Å². The van der Waals surface area contributed by atoms with Gasteiger partial charge >= 0.3 is 0 Å². The van der Waals surface area contributed by atoms with E-state index < -0.39 is 0 Å². The van der Waals surface area contributed by atoms with E-state index in [-0.39, 0.29) is 11.9 Å². The third-order valence-electron chi connectivity index (χ3n) is 7.09. The van der Waals surface area contributed by atoms with Crippen molar-refractivity contribution in [2.75, 3.05) is 7.11 Å². The lowest BCUT2D eigenvalue weighted by Gasteiger charge is -2.52. The molecule has 0 bridgehead atoms. The molecule has 0 radical (unpaired) electrons. The molecule has 4 rings (SSSR count). The molecule has 1 saturated carbocycles. The summed E-state index contributed by atoms with van der Waals surface area (Å²) in [5.41, 5.74) is 3.76. The van der Waals surface area contributed by atoms with E-state index in [1.807, 2.05) is 11.1 Å². The van der Waals surface area contributed by atoms with Crippen LogP contribution in [-0.4, -0.2) is 19.0 Å². The normalized spacial score (nSPS) is 49.6. The van der Waals surface area contributed by atoms with Crippen LogP contribution in [0, 0.1) is 23.7 Å². The number of ether oxygens (including phenoxy) is 2. The Morgan fingerprint density at radius 2 is 2.05 bits per heavy atom. The van der Waals surface area contributed by atoms with Gasteiger partial charge in [0.05, 0.1) is 5.60 Å². The van der Waals surface area contributed by atoms with Crippen LogP contribution in [-0.2, 0) is 9.47 Å². The average molecular weight is 290 g/mol. The molecule has 2 nitrogen and oxygen atoms in total. The predicted molar refractivity (Wildman–Crippen MR) is 83.9 cm³/mol. The van der Waals surface area contributed by atoms with Crippen LogP contribution in [0.3, 0.4) is 0 Å². The Morgan fingerprint density at radius 3 is 2.86 bits per heavy atom. The summed E-state index contributed by atoms with van der Waals surface area (Å²) in [6, 6.07) is 0. The third kappa shape index (κ3) is 2.13. The summed E-state index contributed by atoms with van der Waals surface area (Å²) in [5, 5.41) is 0. The summed E-state index contributed by atoms with van der Waals surface area (Å²) < 4.78 is 11.9. The lowest BCUT2D eigenvalue weighted by molar-refractivity contribution is -0.166. The monoisotopic (exact) mass is 290 g/mol. The highest BCUT2D eigenvalue weighted by Gasteiger charge is 2.56. The van der Waals surface area contributed by atoms with Crippen LogP contribution in [0.15, 0.2) is 11.1 Å². The van der Waals surface area contributed by atoms with E-state index in [1.165, 1.54) is 44.9 Å². The number of hydrogen-bond acceptors (Lipinski definition) is 2. The molecule has 0 spiro atoms. The molecule has 1 heterocycles. The number of fused-ring (bicyclic) bond motifs is 4. The van der Waals surface area contributed by atoms with Crippen LogP contribution in [0.5, 0.6) is 0 Å². The van der Waals surface area contributed by atoms with Crippen molar-refractivity contribution in [1.82, 2.24) is 0 Å². The first-order chi connectivity index (χ1) is 10.1. The first kappa shape index (κ1) is 14.3. The molecule has 4 aliphatic rings. The van der Waals surface area contributed by atoms with Crippen molar-refractivity contribution < 1.29 is 9.47 Å². The second-order valence-electron chi connectivity index (χ2n) is 8.18. The van der Waals surface area contributed by atoms with E-state index in [4.69, 9.17) is 9.47 Å². The third-order valence-corrected chi connectivity index (χ3v) is 7.09. The van der Waals surface area contributed by atoms with Gasteiger partial charge in [-0.05, 0) is 75.5 Å². The van der Waals surface area contributed by atoms with Crippen molar-refractivity contribution in [1.29, 1.82) is 0 Å². The van der Waals surface area contributed by atoms with Crippen molar-refractivity contribution in [2.45, 2.75) is 77.1 Å². The summed E-state index contributed by atoms with van der Waals surface area (Å²) >= 11 is 0. The lowest BCUT2D eigenvalue weighted by Crippen LogP contribution is -2.48. The zero-order chi connectivity index (χ0) is 14.6. The molecule has 2 heteroatoms. The molecule has 2 fully saturated rings. The zero-order valence-electron chi connectivity index (χ0n) is 13.9. The topological polar surface area (TPSA) is 18.5 Å². The minimum atomic E-state index is 0.0311. The van der Waals surface area contributed by atoms with Crippen molar-refractivity contribution >= 4 is 0 Å². The molecule has 0 amide bonds. The zero-order valence-corrected chi connectivity index (χ0v) is 13.9. The second kappa shape index (κ2) is 5.09. The molecular weight excluding hydrogens is 260 g/mol.